The number of nitrogens with zero attached hydrogens (tertiary/aromatic N) is 1. The molecule has 2 N–H and O–H groups in total. The molecule has 2 heterocycles. The molecule has 0 radical (unpaired) electrons. The summed E-state index contributed by atoms with van der Waals surface area (Å²) in [5.41, 5.74) is -0.0790. The highest BCUT2D eigenvalue weighted by Crippen LogP contribution is 2.28. The molecule has 5 heteroatoms. The van der Waals surface area contributed by atoms with E-state index in [2.05, 4.69) is 10.6 Å². The van der Waals surface area contributed by atoms with Crippen LogP contribution in [0.4, 0.5) is 4.79 Å². The number of carbonyl (C=O) groups excluding carboxylic acids is 1. The molecule has 96 valence electrons. The van der Waals surface area contributed by atoms with Crippen molar-refractivity contribution in [1.82, 2.24) is 15.5 Å². The summed E-state index contributed by atoms with van der Waals surface area (Å²) in [6.45, 7) is 4.16. The third-order valence-electron chi connectivity index (χ3n) is 3.96. The maximum absolute atomic E-state index is 12.0. The van der Waals surface area contributed by atoms with Gasteiger partial charge in [0.2, 0.25) is 0 Å². The first kappa shape index (κ1) is 11.3. The van der Waals surface area contributed by atoms with Crippen LogP contribution in [0.1, 0.15) is 25.7 Å². The minimum atomic E-state index is -0.0790. The molecule has 3 rings (SSSR count). The molecule has 0 unspecified atom stereocenters. The summed E-state index contributed by atoms with van der Waals surface area (Å²) in [4.78, 5) is 14.0. The van der Waals surface area contributed by atoms with Crippen LogP contribution in [0.3, 0.4) is 0 Å². The fraction of sp³-hybridized carbons (Fsp3) is 0.917. The van der Waals surface area contributed by atoms with E-state index < -0.39 is 0 Å². The molecule has 0 atom stereocenters. The van der Waals surface area contributed by atoms with Gasteiger partial charge in [-0.3, -0.25) is 0 Å². The van der Waals surface area contributed by atoms with E-state index in [4.69, 9.17) is 4.74 Å². The number of carbonyl (C=O) groups is 1. The summed E-state index contributed by atoms with van der Waals surface area (Å²) in [7, 11) is 0. The first-order valence-corrected chi connectivity index (χ1v) is 6.68. The van der Waals surface area contributed by atoms with E-state index in [1.807, 2.05) is 4.90 Å². The number of hydrogen-bond acceptors (Lipinski definition) is 3. The van der Waals surface area contributed by atoms with Crippen LogP contribution in [0.5, 0.6) is 0 Å². The van der Waals surface area contributed by atoms with Gasteiger partial charge in [0.1, 0.15) is 0 Å². The molecule has 2 amide bonds. The standard InChI is InChI=1S/C12H21N3O2/c16-11(14-10-1-2-10)15-7-8-17-12(9-15)3-5-13-6-4-12/h10,13H,1-9H2,(H,14,16). The average Bonchev–Trinajstić information content (AvgIpc) is 3.14. The lowest BCUT2D eigenvalue weighted by Crippen LogP contribution is -2.59. The molecule has 1 spiro atoms. The summed E-state index contributed by atoms with van der Waals surface area (Å²) in [5, 5.41) is 6.40. The van der Waals surface area contributed by atoms with Crippen LogP contribution in [-0.4, -0.2) is 55.4 Å². The summed E-state index contributed by atoms with van der Waals surface area (Å²) >= 11 is 0. The zero-order valence-electron chi connectivity index (χ0n) is 10.2. The van der Waals surface area contributed by atoms with Crippen molar-refractivity contribution in [3.8, 4) is 0 Å². The normalized spacial score (nSPS) is 28.1. The molecule has 0 aromatic carbocycles. The van der Waals surface area contributed by atoms with Crippen molar-refractivity contribution in [2.75, 3.05) is 32.8 Å². The third kappa shape index (κ3) is 2.55. The second-order valence-electron chi connectivity index (χ2n) is 5.43. The zero-order valence-corrected chi connectivity index (χ0v) is 10.2. The Morgan fingerprint density at radius 2 is 2.12 bits per heavy atom. The Morgan fingerprint density at radius 3 is 2.82 bits per heavy atom. The summed E-state index contributed by atoms with van der Waals surface area (Å²) in [6, 6.07) is 0.544. The largest absolute Gasteiger partial charge is 0.371 e. The smallest absolute Gasteiger partial charge is 0.317 e. The molecule has 0 aromatic heterocycles. The van der Waals surface area contributed by atoms with E-state index in [1.165, 1.54) is 0 Å². The Balaban J connectivity index is 1.59. The summed E-state index contributed by atoms with van der Waals surface area (Å²) < 4.78 is 5.95. The fourth-order valence-corrected chi connectivity index (χ4v) is 2.70. The molecular weight excluding hydrogens is 218 g/mol. The van der Waals surface area contributed by atoms with Crippen molar-refractivity contribution in [2.45, 2.75) is 37.3 Å². The van der Waals surface area contributed by atoms with Crippen LogP contribution in [0.25, 0.3) is 0 Å². The van der Waals surface area contributed by atoms with E-state index in [-0.39, 0.29) is 11.6 Å². The fourth-order valence-electron chi connectivity index (χ4n) is 2.70. The van der Waals surface area contributed by atoms with Crippen LogP contribution in [-0.2, 0) is 4.74 Å². The van der Waals surface area contributed by atoms with Gasteiger partial charge in [-0.1, -0.05) is 0 Å². The lowest BCUT2D eigenvalue weighted by molar-refractivity contribution is -0.112. The number of rotatable bonds is 1. The van der Waals surface area contributed by atoms with Gasteiger partial charge in [0, 0.05) is 12.6 Å². The minimum Gasteiger partial charge on any atom is -0.371 e. The van der Waals surface area contributed by atoms with Crippen molar-refractivity contribution in [2.24, 2.45) is 0 Å². The van der Waals surface area contributed by atoms with Gasteiger partial charge in [0.15, 0.2) is 0 Å². The third-order valence-corrected chi connectivity index (χ3v) is 3.96. The second-order valence-corrected chi connectivity index (χ2v) is 5.43. The quantitative estimate of drug-likeness (QED) is 0.692. The number of urea groups is 1. The molecular formula is C12H21N3O2. The lowest BCUT2D eigenvalue weighted by Gasteiger charge is -2.45. The van der Waals surface area contributed by atoms with Crippen molar-refractivity contribution in [3.63, 3.8) is 0 Å². The van der Waals surface area contributed by atoms with Gasteiger partial charge < -0.3 is 20.3 Å². The molecule has 0 aromatic rings. The molecule has 1 saturated carbocycles. The maximum atomic E-state index is 12.0. The molecule has 2 aliphatic heterocycles. The van der Waals surface area contributed by atoms with E-state index in [9.17, 15) is 4.79 Å². The Labute approximate surface area is 102 Å². The summed E-state index contributed by atoms with van der Waals surface area (Å²) in [5.74, 6) is 0. The molecule has 5 nitrogen and oxygen atoms in total. The van der Waals surface area contributed by atoms with Crippen LogP contribution < -0.4 is 10.6 Å². The predicted molar refractivity (Wildman–Crippen MR) is 63.9 cm³/mol. The minimum absolute atomic E-state index is 0.0790. The number of amides is 2. The van der Waals surface area contributed by atoms with Crippen LogP contribution in [0.15, 0.2) is 0 Å². The van der Waals surface area contributed by atoms with Gasteiger partial charge >= 0.3 is 6.03 Å². The van der Waals surface area contributed by atoms with Crippen LogP contribution >= 0.6 is 0 Å². The first-order chi connectivity index (χ1) is 8.27. The molecule has 3 fully saturated rings. The first-order valence-electron chi connectivity index (χ1n) is 6.68. The molecule has 2 saturated heterocycles. The van der Waals surface area contributed by atoms with Crippen molar-refractivity contribution in [1.29, 1.82) is 0 Å². The van der Waals surface area contributed by atoms with Gasteiger partial charge in [-0.05, 0) is 38.8 Å². The number of morpholine rings is 1. The molecule has 0 bridgehead atoms. The lowest BCUT2D eigenvalue weighted by atomic mass is 9.90. The van der Waals surface area contributed by atoms with Gasteiger partial charge in [0.25, 0.3) is 0 Å². The Bertz CT molecular complexity index is 293. The van der Waals surface area contributed by atoms with Gasteiger partial charge in [-0.25, -0.2) is 4.79 Å². The SMILES string of the molecule is O=C(NC1CC1)N1CCOC2(CCNCC2)C1. The van der Waals surface area contributed by atoms with Gasteiger partial charge in [-0.2, -0.15) is 0 Å². The molecule has 1 aliphatic carbocycles. The predicted octanol–water partition coefficient (Wildman–Crippen LogP) is 0.313. The van der Waals surface area contributed by atoms with E-state index >= 15 is 0 Å². The highest BCUT2D eigenvalue weighted by atomic mass is 16.5. The van der Waals surface area contributed by atoms with E-state index in [0.717, 1.165) is 51.9 Å². The summed E-state index contributed by atoms with van der Waals surface area (Å²) in [6.07, 6.45) is 4.32. The van der Waals surface area contributed by atoms with Gasteiger partial charge in [-0.15, -0.1) is 0 Å². The Hall–Kier alpha value is -0.810. The van der Waals surface area contributed by atoms with Crippen LogP contribution in [0.2, 0.25) is 0 Å². The monoisotopic (exact) mass is 239 g/mol. The van der Waals surface area contributed by atoms with Crippen molar-refractivity contribution < 1.29 is 9.53 Å². The van der Waals surface area contributed by atoms with E-state index in [1.54, 1.807) is 0 Å². The number of piperidine rings is 1. The van der Waals surface area contributed by atoms with Crippen molar-refractivity contribution >= 4 is 6.03 Å². The average molecular weight is 239 g/mol. The Morgan fingerprint density at radius 1 is 1.35 bits per heavy atom. The van der Waals surface area contributed by atoms with Crippen molar-refractivity contribution in [3.05, 3.63) is 0 Å². The van der Waals surface area contributed by atoms with Gasteiger partial charge in [0.05, 0.1) is 18.8 Å². The highest BCUT2D eigenvalue weighted by Gasteiger charge is 2.39. The maximum Gasteiger partial charge on any atom is 0.317 e. The Kier molecular flexibility index (Phi) is 2.96. The number of hydrogen-bond donors (Lipinski definition) is 2. The molecule has 17 heavy (non-hydrogen) atoms. The zero-order chi connectivity index (χ0) is 11.7. The number of nitrogens with one attached hydrogen (secondary N) is 2. The molecule has 3 aliphatic rings. The highest BCUT2D eigenvalue weighted by molar-refractivity contribution is 5.75. The second kappa shape index (κ2) is 4.46. The number of ether oxygens (including phenoxy) is 1. The topological polar surface area (TPSA) is 53.6 Å². The van der Waals surface area contributed by atoms with E-state index in [0.29, 0.717) is 12.6 Å². The van der Waals surface area contributed by atoms with Crippen LogP contribution in [0, 0.1) is 0 Å².